The molecule has 0 atom stereocenters. The van der Waals surface area contributed by atoms with E-state index in [0.717, 1.165) is 39.6 Å². The van der Waals surface area contributed by atoms with Gasteiger partial charge in [-0.3, -0.25) is 0 Å². The summed E-state index contributed by atoms with van der Waals surface area (Å²) in [4.78, 5) is 20.6. The molecular formula is C18H18N6. The summed E-state index contributed by atoms with van der Waals surface area (Å²) in [6, 6.07) is 6.15. The highest BCUT2D eigenvalue weighted by Gasteiger charge is 2.10. The summed E-state index contributed by atoms with van der Waals surface area (Å²) in [5, 5.41) is 5.27. The van der Waals surface area contributed by atoms with Crippen LogP contribution < -0.4 is 5.32 Å². The van der Waals surface area contributed by atoms with Crippen LogP contribution in [0.5, 0.6) is 0 Å². The molecule has 0 aliphatic carbocycles. The van der Waals surface area contributed by atoms with Crippen molar-refractivity contribution in [2.24, 2.45) is 5.92 Å². The molecule has 1 aromatic carbocycles. The van der Waals surface area contributed by atoms with Crippen LogP contribution in [0.3, 0.4) is 0 Å². The van der Waals surface area contributed by atoms with Gasteiger partial charge in [0.1, 0.15) is 12.0 Å². The molecule has 0 radical (unpaired) electrons. The van der Waals surface area contributed by atoms with Gasteiger partial charge in [0.05, 0.1) is 5.52 Å². The van der Waals surface area contributed by atoms with Crippen molar-refractivity contribution < 1.29 is 0 Å². The number of benzene rings is 1. The maximum absolute atomic E-state index is 4.55. The van der Waals surface area contributed by atoms with Crippen molar-refractivity contribution in [3.05, 3.63) is 43.1 Å². The third-order valence-electron chi connectivity index (χ3n) is 3.92. The fourth-order valence-electron chi connectivity index (χ4n) is 2.68. The van der Waals surface area contributed by atoms with Gasteiger partial charge in [-0.2, -0.15) is 4.98 Å². The van der Waals surface area contributed by atoms with Crippen molar-refractivity contribution >= 4 is 27.9 Å². The minimum absolute atomic E-state index is 0.545. The Bertz CT molecular complexity index is 1000. The number of anilines is 1. The van der Waals surface area contributed by atoms with E-state index in [2.05, 4.69) is 56.2 Å². The lowest BCUT2D eigenvalue weighted by molar-refractivity contribution is 0.685. The minimum atomic E-state index is 0.545. The van der Waals surface area contributed by atoms with Crippen LogP contribution in [0, 0.1) is 5.92 Å². The van der Waals surface area contributed by atoms with Crippen molar-refractivity contribution in [3.63, 3.8) is 0 Å². The van der Waals surface area contributed by atoms with Crippen LogP contribution in [-0.2, 0) is 0 Å². The molecule has 120 valence electrons. The number of aromatic nitrogens is 5. The van der Waals surface area contributed by atoms with E-state index in [1.807, 2.05) is 24.7 Å². The molecule has 0 fully saturated rings. The van der Waals surface area contributed by atoms with Crippen LogP contribution in [0.4, 0.5) is 5.95 Å². The van der Waals surface area contributed by atoms with Gasteiger partial charge in [-0.05, 0) is 23.6 Å². The SMILES string of the molecule is CC(C)CNc1ncc2c(-c3ccc4ncncc4c3)c[nH]c2n1. The van der Waals surface area contributed by atoms with Gasteiger partial charge in [-0.1, -0.05) is 19.9 Å². The van der Waals surface area contributed by atoms with E-state index in [0.29, 0.717) is 11.9 Å². The van der Waals surface area contributed by atoms with Crippen LogP contribution in [-0.4, -0.2) is 31.5 Å². The number of hydrogen-bond acceptors (Lipinski definition) is 5. The zero-order chi connectivity index (χ0) is 16.5. The van der Waals surface area contributed by atoms with Gasteiger partial charge in [-0.15, -0.1) is 0 Å². The average molecular weight is 318 g/mol. The molecule has 2 N–H and O–H groups in total. The van der Waals surface area contributed by atoms with Gasteiger partial charge < -0.3 is 10.3 Å². The standard InChI is InChI=1S/C18H18N6/c1-11(2)6-21-18-22-9-15-14(8-20-17(15)24-18)12-3-4-16-13(5-12)7-19-10-23-16/h3-5,7-11H,6H2,1-2H3,(H2,20,21,22,24). The molecule has 0 spiro atoms. The van der Waals surface area contributed by atoms with Crippen molar-refractivity contribution in [3.8, 4) is 11.1 Å². The lowest BCUT2D eigenvalue weighted by Crippen LogP contribution is -2.10. The highest BCUT2D eigenvalue weighted by molar-refractivity contribution is 5.96. The van der Waals surface area contributed by atoms with E-state index in [1.54, 1.807) is 6.33 Å². The summed E-state index contributed by atoms with van der Waals surface area (Å²) in [5.41, 5.74) is 3.93. The second kappa shape index (κ2) is 5.88. The number of rotatable bonds is 4. The maximum Gasteiger partial charge on any atom is 0.224 e. The number of H-pyrrole nitrogens is 1. The van der Waals surface area contributed by atoms with Gasteiger partial charge in [0.25, 0.3) is 0 Å². The summed E-state index contributed by atoms with van der Waals surface area (Å²) in [6.45, 7) is 5.16. The monoisotopic (exact) mass is 318 g/mol. The molecule has 0 aliphatic rings. The normalized spacial score (nSPS) is 11.5. The van der Waals surface area contributed by atoms with Crippen molar-refractivity contribution in [1.29, 1.82) is 0 Å². The molecule has 6 nitrogen and oxygen atoms in total. The third-order valence-corrected chi connectivity index (χ3v) is 3.92. The fraction of sp³-hybridized carbons (Fsp3) is 0.222. The molecule has 0 saturated carbocycles. The van der Waals surface area contributed by atoms with Gasteiger partial charge in [0, 0.05) is 41.5 Å². The van der Waals surface area contributed by atoms with Crippen LogP contribution in [0.2, 0.25) is 0 Å². The summed E-state index contributed by atoms with van der Waals surface area (Å²) < 4.78 is 0. The average Bonchev–Trinajstić information content (AvgIpc) is 3.02. The van der Waals surface area contributed by atoms with Crippen molar-refractivity contribution in [1.82, 2.24) is 24.9 Å². The zero-order valence-electron chi connectivity index (χ0n) is 13.6. The van der Waals surface area contributed by atoms with E-state index in [1.165, 1.54) is 0 Å². The Labute approximate surface area is 139 Å². The van der Waals surface area contributed by atoms with Gasteiger partial charge in [0.2, 0.25) is 5.95 Å². The predicted octanol–water partition coefficient (Wildman–Crippen LogP) is 3.64. The number of nitrogens with one attached hydrogen (secondary N) is 2. The summed E-state index contributed by atoms with van der Waals surface area (Å²) in [6.07, 6.45) is 7.22. The van der Waals surface area contributed by atoms with Crippen LogP contribution >= 0.6 is 0 Å². The lowest BCUT2D eigenvalue weighted by Gasteiger charge is -2.07. The number of fused-ring (bicyclic) bond motifs is 2. The van der Waals surface area contributed by atoms with Crippen LogP contribution in [0.25, 0.3) is 33.1 Å². The van der Waals surface area contributed by atoms with Gasteiger partial charge in [-0.25, -0.2) is 15.0 Å². The predicted molar refractivity (Wildman–Crippen MR) is 95.7 cm³/mol. The maximum atomic E-state index is 4.55. The summed E-state index contributed by atoms with van der Waals surface area (Å²) >= 11 is 0. The van der Waals surface area contributed by atoms with E-state index < -0.39 is 0 Å². The van der Waals surface area contributed by atoms with E-state index in [4.69, 9.17) is 0 Å². The second-order valence-electron chi connectivity index (χ2n) is 6.23. The zero-order valence-corrected chi connectivity index (χ0v) is 13.6. The van der Waals surface area contributed by atoms with E-state index in [-0.39, 0.29) is 0 Å². The van der Waals surface area contributed by atoms with Crippen molar-refractivity contribution in [2.45, 2.75) is 13.8 Å². The first-order chi connectivity index (χ1) is 11.7. The molecule has 3 heterocycles. The Morgan fingerprint density at radius 1 is 1.17 bits per heavy atom. The van der Waals surface area contributed by atoms with Gasteiger partial charge >= 0.3 is 0 Å². The molecule has 0 bridgehead atoms. The first kappa shape index (κ1) is 14.6. The molecular weight excluding hydrogens is 300 g/mol. The first-order valence-corrected chi connectivity index (χ1v) is 7.99. The Morgan fingerprint density at radius 3 is 2.96 bits per heavy atom. The molecule has 0 saturated heterocycles. The number of hydrogen-bond donors (Lipinski definition) is 2. The highest BCUT2D eigenvalue weighted by atomic mass is 15.1. The van der Waals surface area contributed by atoms with Crippen molar-refractivity contribution in [2.75, 3.05) is 11.9 Å². The summed E-state index contributed by atoms with van der Waals surface area (Å²) in [7, 11) is 0. The lowest BCUT2D eigenvalue weighted by atomic mass is 10.0. The smallest absolute Gasteiger partial charge is 0.224 e. The Balaban J connectivity index is 1.73. The molecule has 6 heteroatoms. The first-order valence-electron chi connectivity index (χ1n) is 7.99. The minimum Gasteiger partial charge on any atom is -0.354 e. The summed E-state index contributed by atoms with van der Waals surface area (Å²) in [5.74, 6) is 1.19. The van der Waals surface area contributed by atoms with E-state index in [9.17, 15) is 0 Å². The van der Waals surface area contributed by atoms with E-state index >= 15 is 0 Å². The number of nitrogens with zero attached hydrogens (tertiary/aromatic N) is 4. The quantitative estimate of drug-likeness (QED) is 0.600. The van der Waals surface area contributed by atoms with Crippen LogP contribution in [0.1, 0.15) is 13.8 Å². The molecule has 4 rings (SSSR count). The largest absolute Gasteiger partial charge is 0.354 e. The fourth-order valence-corrected chi connectivity index (χ4v) is 2.68. The second-order valence-corrected chi connectivity index (χ2v) is 6.23. The highest BCUT2D eigenvalue weighted by Crippen LogP contribution is 2.29. The Morgan fingerprint density at radius 2 is 2.08 bits per heavy atom. The molecule has 0 amide bonds. The van der Waals surface area contributed by atoms with Crippen LogP contribution in [0.15, 0.2) is 43.1 Å². The molecule has 0 unspecified atom stereocenters. The topological polar surface area (TPSA) is 79.4 Å². The third kappa shape index (κ3) is 2.67. The molecule has 0 aliphatic heterocycles. The molecule has 24 heavy (non-hydrogen) atoms. The molecule has 4 aromatic rings. The number of aromatic amines is 1. The molecule has 3 aromatic heterocycles. The van der Waals surface area contributed by atoms with Gasteiger partial charge in [0.15, 0.2) is 0 Å². The Hall–Kier alpha value is -3.02. The Kier molecular flexibility index (Phi) is 3.57.